The molecular formula is C20H24F4N4O. The van der Waals surface area contributed by atoms with Crippen molar-refractivity contribution < 1.29 is 22.4 Å². The second kappa shape index (κ2) is 6.04. The Morgan fingerprint density at radius 2 is 1.86 bits per heavy atom. The molecular weight excluding hydrogens is 388 g/mol. The molecule has 1 unspecified atom stereocenters. The fourth-order valence-corrected chi connectivity index (χ4v) is 5.30. The second-order valence-electron chi connectivity index (χ2n) is 9.10. The molecule has 0 aromatic carbocycles. The Morgan fingerprint density at radius 1 is 1.17 bits per heavy atom. The number of alkyl halides is 4. The highest BCUT2D eigenvalue weighted by molar-refractivity contribution is 5.76. The van der Waals surface area contributed by atoms with Crippen LogP contribution in [0.15, 0.2) is 0 Å². The molecule has 1 aromatic rings. The summed E-state index contributed by atoms with van der Waals surface area (Å²) in [6.07, 6.45) is 1.10. The zero-order valence-corrected chi connectivity index (χ0v) is 16.5. The van der Waals surface area contributed by atoms with E-state index in [0.717, 1.165) is 0 Å². The van der Waals surface area contributed by atoms with Crippen LogP contribution in [0.3, 0.4) is 0 Å². The summed E-state index contributed by atoms with van der Waals surface area (Å²) < 4.78 is 56.7. The molecule has 2 aliphatic carbocycles. The number of ketones is 1. The zero-order valence-electron chi connectivity index (χ0n) is 16.5. The van der Waals surface area contributed by atoms with Crippen molar-refractivity contribution in [3.8, 4) is 0 Å². The van der Waals surface area contributed by atoms with Gasteiger partial charge in [0.25, 0.3) is 11.8 Å². The lowest BCUT2D eigenvalue weighted by molar-refractivity contribution is -0.117. The number of rotatable bonds is 4. The number of nitrogens with zero attached hydrogens (tertiary/aromatic N) is 4. The van der Waals surface area contributed by atoms with Crippen molar-refractivity contribution in [3.05, 3.63) is 11.3 Å². The number of carbonyl (C=O) groups excluding carboxylic acids is 1. The van der Waals surface area contributed by atoms with Crippen molar-refractivity contribution in [3.63, 3.8) is 0 Å². The quantitative estimate of drug-likeness (QED) is 0.710. The van der Waals surface area contributed by atoms with E-state index in [2.05, 4.69) is 9.97 Å². The Bertz CT molecular complexity index is 864. The standard InChI is InChI=1S/C20H24F4N4O/c1-10(29)6-13-14-7-27(8-15(13)14)17-12-4-3-5-19(21,22)16(12)25-18(26-17)28-9-20(23,24)11(28)2/h11,13-15H,3-9H2,1-2H3/t11-,13?,14-,15+/m1/s1. The number of halogens is 4. The van der Waals surface area contributed by atoms with E-state index < -0.39 is 24.4 Å². The zero-order chi connectivity index (χ0) is 20.7. The van der Waals surface area contributed by atoms with Crippen molar-refractivity contribution in [2.75, 3.05) is 29.4 Å². The summed E-state index contributed by atoms with van der Waals surface area (Å²) >= 11 is 0. The van der Waals surface area contributed by atoms with Crippen LogP contribution in [-0.4, -0.2) is 47.3 Å². The Hall–Kier alpha value is -1.93. The van der Waals surface area contributed by atoms with Gasteiger partial charge in [0.2, 0.25) is 5.95 Å². The van der Waals surface area contributed by atoms with Gasteiger partial charge in [0, 0.05) is 31.5 Å². The molecule has 2 saturated heterocycles. The Morgan fingerprint density at radius 3 is 2.45 bits per heavy atom. The Kier molecular flexibility index (Phi) is 3.97. The van der Waals surface area contributed by atoms with Crippen molar-refractivity contribution in [1.29, 1.82) is 0 Å². The molecule has 0 spiro atoms. The minimum absolute atomic E-state index is 0.0281. The molecule has 4 atom stereocenters. The van der Waals surface area contributed by atoms with E-state index in [9.17, 15) is 22.4 Å². The number of hydrogen-bond donors (Lipinski definition) is 0. The van der Waals surface area contributed by atoms with Crippen LogP contribution in [0.5, 0.6) is 0 Å². The molecule has 0 N–H and O–H groups in total. The third kappa shape index (κ3) is 2.91. The third-order valence-corrected chi connectivity index (χ3v) is 7.15. The van der Waals surface area contributed by atoms with E-state index in [1.165, 1.54) is 11.8 Å². The van der Waals surface area contributed by atoms with Crippen LogP contribution in [0, 0.1) is 17.8 Å². The van der Waals surface area contributed by atoms with Crippen LogP contribution in [0.2, 0.25) is 0 Å². The van der Waals surface area contributed by atoms with Gasteiger partial charge in [0.15, 0.2) is 0 Å². The first kappa shape index (κ1) is 19.1. The summed E-state index contributed by atoms with van der Waals surface area (Å²) in [5, 5.41) is 0. The predicted molar refractivity (Wildman–Crippen MR) is 98.6 cm³/mol. The molecule has 158 valence electrons. The van der Waals surface area contributed by atoms with Crippen LogP contribution in [0.4, 0.5) is 29.3 Å². The third-order valence-electron chi connectivity index (χ3n) is 7.15. The molecule has 1 saturated carbocycles. The summed E-state index contributed by atoms with van der Waals surface area (Å²) in [6, 6.07) is -1.11. The van der Waals surface area contributed by atoms with Crippen molar-refractivity contribution >= 4 is 17.5 Å². The average molecular weight is 412 g/mol. The van der Waals surface area contributed by atoms with E-state index in [0.29, 0.717) is 61.5 Å². The number of fused-ring (bicyclic) bond motifs is 2. The fourth-order valence-electron chi connectivity index (χ4n) is 5.30. The predicted octanol–water partition coefficient (Wildman–Crippen LogP) is 3.41. The smallest absolute Gasteiger partial charge is 0.290 e. The van der Waals surface area contributed by atoms with Gasteiger partial charge in [-0.05, 0) is 44.4 Å². The van der Waals surface area contributed by atoms with E-state index in [4.69, 9.17) is 0 Å². The van der Waals surface area contributed by atoms with Crippen LogP contribution in [0.25, 0.3) is 0 Å². The summed E-state index contributed by atoms with van der Waals surface area (Å²) in [4.78, 5) is 23.3. The fraction of sp³-hybridized carbons (Fsp3) is 0.750. The van der Waals surface area contributed by atoms with Crippen molar-refractivity contribution in [2.45, 2.75) is 57.4 Å². The average Bonchev–Trinajstić information content (AvgIpc) is 3.08. The van der Waals surface area contributed by atoms with Gasteiger partial charge in [0.1, 0.15) is 17.3 Å². The normalized spacial score (nSPS) is 33.7. The van der Waals surface area contributed by atoms with Gasteiger partial charge in [0.05, 0.1) is 12.6 Å². The highest BCUT2D eigenvalue weighted by atomic mass is 19.3. The van der Waals surface area contributed by atoms with Crippen molar-refractivity contribution in [1.82, 2.24) is 9.97 Å². The maximum atomic E-state index is 14.7. The van der Waals surface area contributed by atoms with Crippen LogP contribution < -0.4 is 9.80 Å². The number of anilines is 2. The number of aromatic nitrogens is 2. The molecule has 3 heterocycles. The minimum atomic E-state index is -3.07. The SMILES string of the molecule is CC(=O)CC1[C@H]2CN(c3nc(N4CC(F)(F)[C@H]4C)nc4c3CCCC4(F)F)C[C@@H]12. The number of hydrogen-bond acceptors (Lipinski definition) is 5. The van der Waals surface area contributed by atoms with Crippen LogP contribution in [-0.2, 0) is 17.1 Å². The van der Waals surface area contributed by atoms with Gasteiger partial charge < -0.3 is 14.6 Å². The molecule has 0 amide bonds. The lowest BCUT2D eigenvalue weighted by Gasteiger charge is -2.46. The first-order valence-electron chi connectivity index (χ1n) is 10.3. The van der Waals surface area contributed by atoms with E-state index in [1.54, 1.807) is 6.92 Å². The number of piperidine rings is 1. The summed E-state index contributed by atoms with van der Waals surface area (Å²) in [6.45, 7) is 3.74. The molecule has 0 radical (unpaired) electrons. The molecule has 5 nitrogen and oxygen atoms in total. The van der Waals surface area contributed by atoms with Crippen molar-refractivity contribution in [2.24, 2.45) is 17.8 Å². The van der Waals surface area contributed by atoms with Gasteiger partial charge in [-0.3, -0.25) is 0 Å². The monoisotopic (exact) mass is 412 g/mol. The van der Waals surface area contributed by atoms with E-state index in [1.807, 2.05) is 4.90 Å². The van der Waals surface area contributed by atoms with E-state index in [-0.39, 0.29) is 23.8 Å². The maximum absolute atomic E-state index is 14.7. The minimum Gasteiger partial charge on any atom is -0.356 e. The molecule has 29 heavy (non-hydrogen) atoms. The molecule has 1 aromatic heterocycles. The number of carbonyl (C=O) groups is 1. The van der Waals surface area contributed by atoms with Gasteiger partial charge >= 0.3 is 0 Å². The van der Waals surface area contributed by atoms with Gasteiger partial charge in [-0.15, -0.1) is 0 Å². The van der Waals surface area contributed by atoms with Crippen LogP contribution in [0.1, 0.15) is 44.4 Å². The molecule has 9 heteroatoms. The summed E-state index contributed by atoms with van der Waals surface area (Å²) in [5.74, 6) is -4.19. The molecule has 0 bridgehead atoms. The lowest BCUT2D eigenvalue weighted by Crippen LogP contribution is -2.64. The van der Waals surface area contributed by atoms with Gasteiger partial charge in [-0.25, -0.2) is 13.8 Å². The topological polar surface area (TPSA) is 49.3 Å². The van der Waals surface area contributed by atoms with Gasteiger partial charge in [-0.2, -0.15) is 13.8 Å². The first-order valence-corrected chi connectivity index (χ1v) is 10.3. The Balaban J connectivity index is 1.47. The molecule has 5 rings (SSSR count). The number of Topliss-reactive ketones (excluding diaryl/α,β-unsaturated/α-hetero) is 1. The molecule has 3 fully saturated rings. The summed E-state index contributed by atoms with van der Waals surface area (Å²) in [7, 11) is 0. The highest BCUT2D eigenvalue weighted by Crippen LogP contribution is 2.55. The highest BCUT2D eigenvalue weighted by Gasteiger charge is 2.57. The molecule has 2 aliphatic heterocycles. The first-order chi connectivity index (χ1) is 13.6. The summed E-state index contributed by atoms with van der Waals surface area (Å²) in [5.41, 5.74) is 0.154. The van der Waals surface area contributed by atoms with E-state index >= 15 is 0 Å². The second-order valence-corrected chi connectivity index (χ2v) is 9.10. The van der Waals surface area contributed by atoms with Gasteiger partial charge in [-0.1, -0.05) is 0 Å². The lowest BCUT2D eigenvalue weighted by atomic mass is 9.92. The maximum Gasteiger partial charge on any atom is 0.290 e. The molecule has 4 aliphatic rings. The van der Waals surface area contributed by atoms with Crippen LogP contribution >= 0.6 is 0 Å². The Labute approximate surface area is 166 Å². The largest absolute Gasteiger partial charge is 0.356 e.